The zero-order valence-electron chi connectivity index (χ0n) is 11.1. The average Bonchev–Trinajstić information content (AvgIpc) is 2.91. The van der Waals surface area contributed by atoms with Crippen LogP contribution < -0.4 is 5.32 Å². The van der Waals surface area contributed by atoms with Crippen LogP contribution in [-0.4, -0.2) is 17.1 Å². The zero-order valence-corrected chi connectivity index (χ0v) is 11.1. The number of nitrogens with one attached hydrogen (secondary N) is 1. The monoisotopic (exact) mass is 277 g/mol. The fraction of sp³-hybridized carbons (Fsp3) is 0.267. The van der Waals surface area contributed by atoms with Crippen LogP contribution in [0.1, 0.15) is 29.5 Å². The number of rotatable bonds is 6. The van der Waals surface area contributed by atoms with Gasteiger partial charge in [0.25, 0.3) is 0 Å². The summed E-state index contributed by atoms with van der Waals surface area (Å²) in [6, 6.07) is 7.86. The second-order valence-corrected chi connectivity index (χ2v) is 4.66. The highest BCUT2D eigenvalue weighted by atomic mass is 19.1. The van der Waals surface area contributed by atoms with Crippen molar-refractivity contribution >= 4 is 11.7 Å². The van der Waals surface area contributed by atoms with Crippen LogP contribution in [0.25, 0.3) is 0 Å². The Bertz CT molecular complexity index is 581. The molecule has 2 aromatic rings. The number of carboxylic acids is 1. The fourth-order valence-corrected chi connectivity index (χ4v) is 1.95. The summed E-state index contributed by atoms with van der Waals surface area (Å²) in [4.78, 5) is 10.9. The maximum atomic E-state index is 13.3. The van der Waals surface area contributed by atoms with Crippen molar-refractivity contribution in [2.45, 2.75) is 25.8 Å². The van der Waals surface area contributed by atoms with Gasteiger partial charge >= 0.3 is 5.97 Å². The third-order valence-corrected chi connectivity index (χ3v) is 3.01. The van der Waals surface area contributed by atoms with Gasteiger partial charge in [0.05, 0.1) is 11.8 Å². The first-order valence-corrected chi connectivity index (χ1v) is 6.38. The summed E-state index contributed by atoms with van der Waals surface area (Å²) in [7, 11) is 0. The largest absolute Gasteiger partial charge is 0.478 e. The van der Waals surface area contributed by atoms with Gasteiger partial charge in [-0.15, -0.1) is 0 Å². The van der Waals surface area contributed by atoms with Gasteiger partial charge in [-0.25, -0.2) is 9.18 Å². The Kier molecular flexibility index (Phi) is 4.40. The topological polar surface area (TPSA) is 62.5 Å². The van der Waals surface area contributed by atoms with E-state index in [1.807, 2.05) is 19.1 Å². The predicted molar refractivity (Wildman–Crippen MR) is 73.5 cm³/mol. The number of halogens is 1. The second kappa shape index (κ2) is 6.23. The number of carboxylic acid groups (broad SMARTS) is 1. The van der Waals surface area contributed by atoms with Gasteiger partial charge in [-0.2, -0.15) is 0 Å². The lowest BCUT2D eigenvalue weighted by molar-refractivity contribution is 0.0692. The molecule has 106 valence electrons. The lowest BCUT2D eigenvalue weighted by atomic mass is 10.1. The maximum Gasteiger partial charge on any atom is 0.338 e. The Labute approximate surface area is 116 Å². The highest BCUT2D eigenvalue weighted by Gasteiger charge is 2.12. The highest BCUT2D eigenvalue weighted by molar-refractivity contribution is 5.89. The molecule has 0 aliphatic rings. The lowest BCUT2D eigenvalue weighted by Gasteiger charge is -2.15. The molecule has 5 heteroatoms. The van der Waals surface area contributed by atoms with E-state index in [0.29, 0.717) is 5.69 Å². The van der Waals surface area contributed by atoms with Crippen LogP contribution in [0.5, 0.6) is 0 Å². The van der Waals surface area contributed by atoms with E-state index in [9.17, 15) is 9.18 Å². The van der Waals surface area contributed by atoms with Crippen LogP contribution >= 0.6 is 0 Å². The lowest BCUT2D eigenvalue weighted by Crippen LogP contribution is -2.16. The van der Waals surface area contributed by atoms with Gasteiger partial charge in [0.2, 0.25) is 0 Å². The molecule has 2 N–H and O–H groups in total. The van der Waals surface area contributed by atoms with Crippen LogP contribution in [0.3, 0.4) is 0 Å². The predicted octanol–water partition coefficient (Wildman–Crippen LogP) is 3.55. The van der Waals surface area contributed by atoms with E-state index in [2.05, 4.69) is 5.32 Å². The van der Waals surface area contributed by atoms with Crippen molar-refractivity contribution in [2.75, 3.05) is 5.32 Å². The Balaban J connectivity index is 1.95. The number of hydrogen-bond acceptors (Lipinski definition) is 3. The molecule has 4 nitrogen and oxygen atoms in total. The van der Waals surface area contributed by atoms with Crippen LogP contribution in [0.2, 0.25) is 0 Å². The minimum absolute atomic E-state index is 0.118. The van der Waals surface area contributed by atoms with E-state index < -0.39 is 11.8 Å². The molecule has 0 amide bonds. The number of anilines is 1. The van der Waals surface area contributed by atoms with Crippen molar-refractivity contribution < 1.29 is 18.7 Å². The summed E-state index contributed by atoms with van der Waals surface area (Å²) in [5, 5.41) is 12.0. The van der Waals surface area contributed by atoms with Crippen LogP contribution in [0.15, 0.2) is 41.0 Å². The summed E-state index contributed by atoms with van der Waals surface area (Å²) in [6.07, 6.45) is 3.24. The fourth-order valence-electron chi connectivity index (χ4n) is 1.95. The quantitative estimate of drug-likeness (QED) is 0.847. The van der Waals surface area contributed by atoms with Crippen LogP contribution in [0, 0.1) is 5.82 Å². The molecule has 0 aliphatic heterocycles. The number of aromatic carboxylic acids is 1. The normalized spacial score (nSPS) is 12.1. The van der Waals surface area contributed by atoms with Crippen molar-refractivity contribution in [1.29, 1.82) is 0 Å². The second-order valence-electron chi connectivity index (χ2n) is 4.66. The number of carbonyl (C=O) groups is 1. The standard InChI is InChI=1S/C15H16FNO3/c1-10(4-6-12-3-2-8-20-12)17-11-5-7-14(16)13(9-11)15(18)19/h2-3,5,7-10,17H,4,6H2,1H3,(H,18,19). The van der Waals surface area contributed by atoms with Crippen molar-refractivity contribution in [2.24, 2.45) is 0 Å². The molecule has 2 rings (SSSR count). The van der Waals surface area contributed by atoms with Gasteiger partial charge in [0.1, 0.15) is 11.6 Å². The molecular formula is C15H16FNO3. The SMILES string of the molecule is CC(CCc1ccco1)Nc1ccc(F)c(C(=O)O)c1. The molecule has 1 aromatic carbocycles. The number of benzene rings is 1. The van der Waals surface area contributed by atoms with Crippen molar-refractivity contribution in [1.82, 2.24) is 0 Å². The molecule has 0 saturated carbocycles. The van der Waals surface area contributed by atoms with E-state index in [-0.39, 0.29) is 11.6 Å². The van der Waals surface area contributed by atoms with E-state index in [1.165, 1.54) is 12.1 Å². The molecule has 0 fully saturated rings. The van der Waals surface area contributed by atoms with Crippen molar-refractivity contribution in [3.05, 3.63) is 53.7 Å². The van der Waals surface area contributed by atoms with Crippen LogP contribution in [0.4, 0.5) is 10.1 Å². The Morgan fingerprint density at radius 1 is 1.45 bits per heavy atom. The van der Waals surface area contributed by atoms with Gasteiger partial charge < -0.3 is 14.8 Å². The summed E-state index contributed by atoms with van der Waals surface area (Å²) in [5.41, 5.74) is 0.268. The van der Waals surface area contributed by atoms with Gasteiger partial charge in [0, 0.05) is 18.2 Å². The third-order valence-electron chi connectivity index (χ3n) is 3.01. The average molecular weight is 277 g/mol. The van der Waals surface area contributed by atoms with Crippen molar-refractivity contribution in [3.8, 4) is 0 Å². The van der Waals surface area contributed by atoms with Gasteiger partial charge in [-0.1, -0.05) is 0 Å². The minimum atomic E-state index is -1.27. The van der Waals surface area contributed by atoms with E-state index in [1.54, 1.807) is 6.26 Å². The van der Waals surface area contributed by atoms with Gasteiger partial charge in [0.15, 0.2) is 0 Å². The van der Waals surface area contributed by atoms with E-state index >= 15 is 0 Å². The molecule has 0 bridgehead atoms. The van der Waals surface area contributed by atoms with E-state index in [0.717, 1.165) is 24.7 Å². The molecule has 1 heterocycles. The van der Waals surface area contributed by atoms with Crippen molar-refractivity contribution in [3.63, 3.8) is 0 Å². The van der Waals surface area contributed by atoms with Crippen LogP contribution in [-0.2, 0) is 6.42 Å². The Morgan fingerprint density at radius 2 is 2.25 bits per heavy atom. The molecule has 1 atom stereocenters. The summed E-state index contributed by atoms with van der Waals surface area (Å²) < 4.78 is 18.5. The summed E-state index contributed by atoms with van der Waals surface area (Å²) >= 11 is 0. The molecule has 1 aromatic heterocycles. The smallest absolute Gasteiger partial charge is 0.338 e. The molecule has 0 saturated heterocycles. The first-order valence-electron chi connectivity index (χ1n) is 6.38. The molecule has 20 heavy (non-hydrogen) atoms. The molecular weight excluding hydrogens is 261 g/mol. The molecule has 0 spiro atoms. The maximum absolute atomic E-state index is 13.3. The number of aryl methyl sites for hydroxylation is 1. The van der Waals surface area contributed by atoms with Gasteiger partial charge in [-0.05, 0) is 43.7 Å². The van der Waals surface area contributed by atoms with Gasteiger partial charge in [-0.3, -0.25) is 0 Å². The Hall–Kier alpha value is -2.30. The molecule has 1 unspecified atom stereocenters. The Morgan fingerprint density at radius 3 is 2.90 bits per heavy atom. The zero-order chi connectivity index (χ0) is 14.5. The molecule has 0 radical (unpaired) electrons. The molecule has 0 aliphatic carbocycles. The van der Waals surface area contributed by atoms with E-state index in [4.69, 9.17) is 9.52 Å². The first kappa shape index (κ1) is 14.1. The first-order chi connectivity index (χ1) is 9.56. The highest BCUT2D eigenvalue weighted by Crippen LogP contribution is 2.17. The number of furan rings is 1. The summed E-state index contributed by atoms with van der Waals surface area (Å²) in [6.45, 7) is 1.98. The third kappa shape index (κ3) is 3.60. The minimum Gasteiger partial charge on any atom is -0.478 e. The number of hydrogen-bond donors (Lipinski definition) is 2. The summed E-state index contributed by atoms with van der Waals surface area (Å²) in [5.74, 6) is -1.09.